The molecule has 1 aromatic carbocycles. The predicted octanol–water partition coefficient (Wildman–Crippen LogP) is 2.67. The average molecular weight is 301 g/mol. The van der Waals surface area contributed by atoms with Crippen LogP contribution in [0.3, 0.4) is 0 Å². The number of carbonyl (C=O) groups excluding carboxylic acids is 1. The number of nitrogens with zero attached hydrogens (tertiary/aromatic N) is 1. The van der Waals surface area contributed by atoms with Gasteiger partial charge in [0.05, 0.1) is 0 Å². The predicted molar refractivity (Wildman–Crippen MR) is 87.4 cm³/mol. The molecule has 118 valence electrons. The molecule has 0 atom stereocenters. The number of nitriles is 1. The Morgan fingerprint density at radius 3 is 2.82 bits per heavy atom. The molecule has 0 bridgehead atoms. The van der Waals surface area contributed by atoms with E-state index in [2.05, 4.69) is 10.6 Å². The smallest absolute Gasteiger partial charge is 0.263 e. The molecule has 1 amide bonds. The highest BCUT2D eigenvalue weighted by Gasteiger charge is 2.08. The second-order valence-corrected chi connectivity index (χ2v) is 4.94. The van der Waals surface area contributed by atoms with Crippen LogP contribution < -0.4 is 10.6 Å². The zero-order valence-corrected chi connectivity index (χ0v) is 13.4. The molecule has 0 aliphatic heterocycles. The molecule has 5 heteroatoms. The number of hydrogen-bond acceptors (Lipinski definition) is 4. The highest BCUT2D eigenvalue weighted by Crippen LogP contribution is 2.16. The van der Waals surface area contributed by atoms with E-state index in [1.807, 2.05) is 45.0 Å². The van der Waals surface area contributed by atoms with Gasteiger partial charge in [-0.25, -0.2) is 0 Å². The van der Waals surface area contributed by atoms with Crippen LogP contribution in [0.25, 0.3) is 0 Å². The van der Waals surface area contributed by atoms with Crippen molar-refractivity contribution in [3.63, 3.8) is 0 Å². The molecular weight excluding hydrogens is 278 g/mol. The lowest BCUT2D eigenvalue weighted by Gasteiger charge is -2.08. The van der Waals surface area contributed by atoms with Crippen molar-refractivity contribution in [3.05, 3.63) is 41.1 Å². The van der Waals surface area contributed by atoms with Crippen LogP contribution >= 0.6 is 0 Å². The van der Waals surface area contributed by atoms with Crippen molar-refractivity contribution >= 4 is 11.6 Å². The molecule has 0 saturated heterocycles. The van der Waals surface area contributed by atoms with Gasteiger partial charge in [-0.3, -0.25) is 4.79 Å². The Kier molecular flexibility index (Phi) is 7.73. The van der Waals surface area contributed by atoms with Crippen molar-refractivity contribution in [1.29, 1.82) is 5.26 Å². The summed E-state index contributed by atoms with van der Waals surface area (Å²) in [6, 6.07) is 7.85. The summed E-state index contributed by atoms with van der Waals surface area (Å²) in [6.07, 6.45) is 2.17. The van der Waals surface area contributed by atoms with Gasteiger partial charge in [-0.15, -0.1) is 0 Å². The lowest BCUT2D eigenvalue weighted by atomic mass is 10.1. The van der Waals surface area contributed by atoms with Crippen molar-refractivity contribution in [1.82, 2.24) is 5.32 Å². The molecule has 0 heterocycles. The Balaban J connectivity index is 2.55. The maximum absolute atomic E-state index is 11.9. The minimum atomic E-state index is -0.378. The van der Waals surface area contributed by atoms with Gasteiger partial charge in [-0.2, -0.15) is 5.26 Å². The van der Waals surface area contributed by atoms with Gasteiger partial charge in [-0.1, -0.05) is 17.7 Å². The van der Waals surface area contributed by atoms with Crippen molar-refractivity contribution in [2.24, 2.45) is 0 Å². The third kappa shape index (κ3) is 5.98. The first-order valence-electron chi connectivity index (χ1n) is 7.38. The fraction of sp³-hybridized carbons (Fsp3) is 0.412. The number of anilines is 1. The number of aryl methyl sites for hydroxylation is 2. The third-order valence-corrected chi connectivity index (χ3v) is 3.07. The van der Waals surface area contributed by atoms with E-state index >= 15 is 0 Å². The van der Waals surface area contributed by atoms with Crippen LogP contribution in [-0.2, 0) is 9.53 Å². The molecule has 0 aliphatic carbocycles. The van der Waals surface area contributed by atoms with E-state index < -0.39 is 0 Å². The van der Waals surface area contributed by atoms with Crippen LogP contribution in [0, 0.1) is 25.2 Å². The van der Waals surface area contributed by atoms with Crippen LogP contribution in [-0.4, -0.2) is 25.7 Å². The Bertz CT molecular complexity index is 574. The van der Waals surface area contributed by atoms with Crippen molar-refractivity contribution in [3.8, 4) is 6.07 Å². The van der Waals surface area contributed by atoms with Crippen LogP contribution in [0.4, 0.5) is 5.69 Å². The maximum Gasteiger partial charge on any atom is 0.263 e. The van der Waals surface area contributed by atoms with E-state index in [0.717, 1.165) is 17.7 Å². The van der Waals surface area contributed by atoms with E-state index in [-0.39, 0.29) is 11.5 Å². The van der Waals surface area contributed by atoms with Crippen molar-refractivity contribution < 1.29 is 9.53 Å². The SMILES string of the molecule is CCOCCCNC(=O)/C(C#N)=C\Nc1ccc(C)cc1C. The largest absolute Gasteiger partial charge is 0.382 e. The van der Waals surface area contributed by atoms with Gasteiger partial charge in [0.15, 0.2) is 0 Å². The zero-order chi connectivity index (χ0) is 16.4. The summed E-state index contributed by atoms with van der Waals surface area (Å²) < 4.78 is 5.19. The lowest BCUT2D eigenvalue weighted by Crippen LogP contribution is -2.26. The number of benzene rings is 1. The Morgan fingerprint density at radius 1 is 1.41 bits per heavy atom. The summed E-state index contributed by atoms with van der Waals surface area (Å²) >= 11 is 0. The molecule has 0 unspecified atom stereocenters. The Labute approximate surface area is 132 Å². The van der Waals surface area contributed by atoms with Crippen LogP contribution in [0.5, 0.6) is 0 Å². The van der Waals surface area contributed by atoms with Gasteiger partial charge in [0.2, 0.25) is 0 Å². The molecule has 0 fully saturated rings. The molecule has 0 spiro atoms. The second kappa shape index (κ2) is 9.59. The maximum atomic E-state index is 11.9. The minimum absolute atomic E-state index is 0.0522. The van der Waals surface area contributed by atoms with Crippen molar-refractivity contribution in [2.45, 2.75) is 27.2 Å². The molecule has 0 saturated carbocycles. The fourth-order valence-corrected chi connectivity index (χ4v) is 1.89. The second-order valence-electron chi connectivity index (χ2n) is 4.94. The molecule has 2 N–H and O–H groups in total. The van der Waals surface area contributed by atoms with Gasteiger partial charge < -0.3 is 15.4 Å². The molecular formula is C17H23N3O2. The summed E-state index contributed by atoms with van der Waals surface area (Å²) in [5.41, 5.74) is 3.16. The molecule has 1 rings (SSSR count). The van der Waals surface area contributed by atoms with E-state index in [1.165, 1.54) is 11.8 Å². The Hall–Kier alpha value is -2.32. The normalized spacial score (nSPS) is 10.9. The highest BCUT2D eigenvalue weighted by molar-refractivity contribution is 5.97. The average Bonchev–Trinajstić information content (AvgIpc) is 2.49. The molecule has 0 radical (unpaired) electrons. The quantitative estimate of drug-likeness (QED) is 0.440. The lowest BCUT2D eigenvalue weighted by molar-refractivity contribution is -0.117. The molecule has 0 aromatic heterocycles. The van der Waals surface area contributed by atoms with Gasteiger partial charge >= 0.3 is 0 Å². The minimum Gasteiger partial charge on any atom is -0.382 e. The zero-order valence-electron chi connectivity index (χ0n) is 13.4. The van der Waals surface area contributed by atoms with Crippen LogP contribution in [0.15, 0.2) is 30.0 Å². The van der Waals surface area contributed by atoms with E-state index in [9.17, 15) is 4.79 Å². The first kappa shape index (κ1) is 17.7. The third-order valence-electron chi connectivity index (χ3n) is 3.07. The molecule has 1 aromatic rings. The highest BCUT2D eigenvalue weighted by atomic mass is 16.5. The summed E-state index contributed by atoms with van der Waals surface area (Å²) in [4.78, 5) is 11.9. The van der Waals surface area contributed by atoms with Gasteiger partial charge in [0.1, 0.15) is 11.6 Å². The molecule has 5 nitrogen and oxygen atoms in total. The topological polar surface area (TPSA) is 74.1 Å². The molecule has 0 aliphatic rings. The number of ether oxygens (including phenoxy) is 1. The molecule has 22 heavy (non-hydrogen) atoms. The summed E-state index contributed by atoms with van der Waals surface area (Å²) in [6.45, 7) is 7.67. The standard InChI is InChI=1S/C17H23N3O2/c1-4-22-9-5-8-19-17(21)15(11-18)12-20-16-7-6-13(2)10-14(16)3/h6-7,10,12,20H,4-5,8-9H2,1-3H3,(H,19,21)/b15-12-. The van der Waals surface area contributed by atoms with Crippen molar-refractivity contribution in [2.75, 3.05) is 25.1 Å². The fourth-order valence-electron chi connectivity index (χ4n) is 1.89. The van der Waals surface area contributed by atoms with Gasteiger partial charge in [0, 0.05) is 31.6 Å². The van der Waals surface area contributed by atoms with E-state index in [1.54, 1.807) is 0 Å². The number of nitrogens with one attached hydrogen (secondary N) is 2. The first-order chi connectivity index (χ1) is 10.6. The number of hydrogen-bond donors (Lipinski definition) is 2. The van der Waals surface area contributed by atoms with Gasteiger partial charge in [-0.05, 0) is 38.8 Å². The van der Waals surface area contributed by atoms with E-state index in [4.69, 9.17) is 10.00 Å². The first-order valence-corrected chi connectivity index (χ1v) is 7.38. The summed E-state index contributed by atoms with van der Waals surface area (Å²) in [5.74, 6) is -0.378. The number of carbonyl (C=O) groups is 1. The Morgan fingerprint density at radius 2 is 2.18 bits per heavy atom. The van der Waals surface area contributed by atoms with Gasteiger partial charge in [0.25, 0.3) is 5.91 Å². The van der Waals surface area contributed by atoms with Crippen LogP contribution in [0.2, 0.25) is 0 Å². The monoisotopic (exact) mass is 301 g/mol. The van der Waals surface area contributed by atoms with E-state index in [0.29, 0.717) is 19.8 Å². The summed E-state index contributed by atoms with van der Waals surface area (Å²) in [5, 5.41) is 14.8. The number of amides is 1. The van der Waals surface area contributed by atoms with Crippen LogP contribution in [0.1, 0.15) is 24.5 Å². The summed E-state index contributed by atoms with van der Waals surface area (Å²) in [7, 11) is 0. The number of rotatable bonds is 8.